The van der Waals surface area contributed by atoms with E-state index in [-0.39, 0.29) is 11.4 Å². The molecule has 0 N–H and O–H groups in total. The number of esters is 1. The summed E-state index contributed by atoms with van der Waals surface area (Å²) in [6.07, 6.45) is 2.95. The molecule has 1 aliphatic rings. The Balaban J connectivity index is 2.21. The van der Waals surface area contributed by atoms with Gasteiger partial charge in [0.05, 0.1) is 12.0 Å². The molecular weight excluding hydrogens is 220 g/mol. The largest absolute Gasteiger partial charge is 0.465 e. The second-order valence-corrected chi connectivity index (χ2v) is 4.68. The zero-order valence-electron chi connectivity index (χ0n) is 7.60. The molecule has 1 fully saturated rings. The molecule has 1 rings (SSSR count). The van der Waals surface area contributed by atoms with Crippen LogP contribution in [0.2, 0.25) is 0 Å². The first-order valence-corrected chi connectivity index (χ1v) is 5.34. The smallest absolute Gasteiger partial charge is 0.312 e. The van der Waals surface area contributed by atoms with E-state index in [9.17, 15) is 4.79 Å². The average molecular weight is 235 g/mol. The van der Waals surface area contributed by atoms with Crippen LogP contribution in [-0.2, 0) is 9.53 Å². The molecule has 1 saturated carbocycles. The SMILES string of the molecule is CCCCOC(=O)[C@]1(C)C[C@@H]1Br. The van der Waals surface area contributed by atoms with Crippen LogP contribution in [0.25, 0.3) is 0 Å². The van der Waals surface area contributed by atoms with Crippen molar-refractivity contribution < 1.29 is 9.53 Å². The lowest BCUT2D eigenvalue weighted by Crippen LogP contribution is -2.18. The number of hydrogen-bond acceptors (Lipinski definition) is 2. The van der Waals surface area contributed by atoms with Gasteiger partial charge in [0.1, 0.15) is 0 Å². The van der Waals surface area contributed by atoms with E-state index in [1.165, 1.54) is 0 Å². The summed E-state index contributed by atoms with van der Waals surface area (Å²) in [4.78, 5) is 11.7. The lowest BCUT2D eigenvalue weighted by Gasteiger charge is -2.08. The predicted molar refractivity (Wildman–Crippen MR) is 51.3 cm³/mol. The van der Waals surface area contributed by atoms with Crippen LogP contribution in [-0.4, -0.2) is 17.4 Å². The van der Waals surface area contributed by atoms with Crippen molar-refractivity contribution in [3.63, 3.8) is 0 Å². The number of rotatable bonds is 4. The fourth-order valence-electron chi connectivity index (χ4n) is 0.999. The molecule has 2 nitrogen and oxygen atoms in total. The van der Waals surface area contributed by atoms with Gasteiger partial charge in [0.15, 0.2) is 0 Å². The first-order valence-electron chi connectivity index (χ1n) is 4.42. The van der Waals surface area contributed by atoms with Crippen LogP contribution in [0.15, 0.2) is 0 Å². The minimum Gasteiger partial charge on any atom is -0.465 e. The van der Waals surface area contributed by atoms with Crippen molar-refractivity contribution in [2.24, 2.45) is 5.41 Å². The lowest BCUT2D eigenvalue weighted by molar-refractivity contribution is -0.149. The molecule has 70 valence electrons. The Morgan fingerprint density at radius 1 is 1.75 bits per heavy atom. The molecular formula is C9H15BrO2. The van der Waals surface area contributed by atoms with Gasteiger partial charge in [0, 0.05) is 4.83 Å². The highest BCUT2D eigenvalue weighted by Gasteiger charge is 2.56. The van der Waals surface area contributed by atoms with E-state index in [2.05, 4.69) is 22.9 Å². The van der Waals surface area contributed by atoms with Crippen LogP contribution in [0.1, 0.15) is 33.1 Å². The molecule has 0 amide bonds. The van der Waals surface area contributed by atoms with Gasteiger partial charge in [0.2, 0.25) is 0 Å². The van der Waals surface area contributed by atoms with Gasteiger partial charge in [-0.1, -0.05) is 29.3 Å². The molecule has 0 bridgehead atoms. The van der Waals surface area contributed by atoms with Crippen molar-refractivity contribution in [1.29, 1.82) is 0 Å². The Hall–Kier alpha value is -0.0500. The molecule has 0 radical (unpaired) electrons. The minimum atomic E-state index is -0.228. The highest BCUT2D eigenvalue weighted by atomic mass is 79.9. The van der Waals surface area contributed by atoms with Gasteiger partial charge < -0.3 is 4.74 Å². The summed E-state index contributed by atoms with van der Waals surface area (Å²) < 4.78 is 5.11. The summed E-state index contributed by atoms with van der Waals surface area (Å²) in [6.45, 7) is 4.60. The zero-order chi connectivity index (χ0) is 9.19. The summed E-state index contributed by atoms with van der Waals surface area (Å²) in [6, 6.07) is 0. The number of carbonyl (C=O) groups is 1. The standard InChI is InChI=1S/C9H15BrO2/c1-3-4-5-12-8(11)9(2)6-7(9)10/h7H,3-6H2,1-2H3/t7-,9+/m0/s1. The molecule has 0 heterocycles. The summed E-state index contributed by atoms with van der Waals surface area (Å²) in [5.74, 6) is -0.0437. The maximum Gasteiger partial charge on any atom is 0.312 e. The van der Waals surface area contributed by atoms with Gasteiger partial charge in [0.25, 0.3) is 0 Å². The number of unbranched alkanes of at least 4 members (excludes halogenated alkanes) is 1. The zero-order valence-corrected chi connectivity index (χ0v) is 9.19. The van der Waals surface area contributed by atoms with Crippen molar-refractivity contribution >= 4 is 21.9 Å². The van der Waals surface area contributed by atoms with Crippen LogP contribution in [0.5, 0.6) is 0 Å². The summed E-state index contributed by atoms with van der Waals surface area (Å²) in [5.41, 5.74) is -0.228. The monoisotopic (exact) mass is 234 g/mol. The maximum absolute atomic E-state index is 11.4. The van der Waals surface area contributed by atoms with Crippen molar-refractivity contribution in [3.8, 4) is 0 Å². The summed E-state index contributed by atoms with van der Waals surface area (Å²) in [7, 11) is 0. The first-order chi connectivity index (χ1) is 5.61. The number of alkyl halides is 1. The Morgan fingerprint density at radius 2 is 2.33 bits per heavy atom. The molecule has 1 aliphatic carbocycles. The average Bonchev–Trinajstić information content (AvgIpc) is 2.62. The van der Waals surface area contributed by atoms with Crippen LogP contribution in [0.3, 0.4) is 0 Å². The Kier molecular flexibility index (Phi) is 3.16. The molecule has 0 spiro atoms. The van der Waals surface area contributed by atoms with Crippen LogP contribution >= 0.6 is 15.9 Å². The van der Waals surface area contributed by atoms with E-state index in [1.807, 2.05) is 6.92 Å². The number of ether oxygens (including phenoxy) is 1. The molecule has 0 unspecified atom stereocenters. The predicted octanol–water partition coefficient (Wildman–Crippen LogP) is 2.50. The van der Waals surface area contributed by atoms with Gasteiger partial charge in [-0.2, -0.15) is 0 Å². The molecule has 0 aromatic heterocycles. The molecule has 3 heteroatoms. The highest BCUT2D eigenvalue weighted by Crippen LogP contribution is 2.51. The van der Waals surface area contributed by atoms with Crippen LogP contribution in [0, 0.1) is 5.41 Å². The van der Waals surface area contributed by atoms with Gasteiger partial charge in [-0.3, -0.25) is 4.79 Å². The van der Waals surface area contributed by atoms with E-state index < -0.39 is 0 Å². The Labute approximate surface area is 81.8 Å². The Bertz CT molecular complexity index is 181. The number of carbonyl (C=O) groups excluding carboxylic acids is 1. The van der Waals surface area contributed by atoms with E-state index in [4.69, 9.17) is 4.74 Å². The normalized spacial score (nSPS) is 33.1. The van der Waals surface area contributed by atoms with Crippen molar-refractivity contribution in [2.45, 2.75) is 37.9 Å². The fourth-order valence-corrected chi connectivity index (χ4v) is 1.86. The third kappa shape index (κ3) is 2.00. The molecule has 0 saturated heterocycles. The van der Waals surface area contributed by atoms with Crippen molar-refractivity contribution in [1.82, 2.24) is 0 Å². The van der Waals surface area contributed by atoms with Gasteiger partial charge >= 0.3 is 5.97 Å². The van der Waals surface area contributed by atoms with Gasteiger partial charge in [-0.05, 0) is 19.8 Å². The first kappa shape index (κ1) is 10.0. The molecule has 0 aromatic carbocycles. The topological polar surface area (TPSA) is 26.3 Å². The van der Waals surface area contributed by atoms with E-state index in [0.717, 1.165) is 19.3 Å². The maximum atomic E-state index is 11.4. The summed E-state index contributed by atoms with van der Waals surface area (Å²) >= 11 is 3.41. The highest BCUT2D eigenvalue weighted by molar-refractivity contribution is 9.09. The van der Waals surface area contributed by atoms with Crippen molar-refractivity contribution in [2.75, 3.05) is 6.61 Å². The third-order valence-corrected chi connectivity index (χ3v) is 3.67. The van der Waals surface area contributed by atoms with Crippen molar-refractivity contribution in [3.05, 3.63) is 0 Å². The molecule has 12 heavy (non-hydrogen) atoms. The number of hydrogen-bond donors (Lipinski definition) is 0. The minimum absolute atomic E-state index is 0.0437. The number of halogens is 1. The molecule has 0 aliphatic heterocycles. The second kappa shape index (κ2) is 3.77. The van der Waals surface area contributed by atoms with Crippen LogP contribution in [0.4, 0.5) is 0 Å². The molecule has 0 aromatic rings. The molecule has 2 atom stereocenters. The lowest BCUT2D eigenvalue weighted by atomic mass is 10.1. The Morgan fingerprint density at radius 3 is 2.75 bits per heavy atom. The van der Waals surface area contributed by atoms with Gasteiger partial charge in [-0.15, -0.1) is 0 Å². The second-order valence-electron chi connectivity index (χ2n) is 3.58. The van der Waals surface area contributed by atoms with Gasteiger partial charge in [-0.25, -0.2) is 0 Å². The van der Waals surface area contributed by atoms with E-state index >= 15 is 0 Å². The van der Waals surface area contributed by atoms with E-state index in [1.54, 1.807) is 0 Å². The third-order valence-electron chi connectivity index (χ3n) is 2.33. The van der Waals surface area contributed by atoms with Crippen LogP contribution < -0.4 is 0 Å². The quantitative estimate of drug-likeness (QED) is 0.425. The van der Waals surface area contributed by atoms with E-state index in [0.29, 0.717) is 11.4 Å². The fraction of sp³-hybridized carbons (Fsp3) is 0.889. The summed E-state index contributed by atoms with van der Waals surface area (Å²) in [5, 5.41) is 0.